The third-order valence-corrected chi connectivity index (χ3v) is 4.75. The normalized spacial score (nSPS) is 31.9. The van der Waals surface area contributed by atoms with Crippen LogP contribution in [0.2, 0.25) is 0 Å². The Balaban J connectivity index is 1.82. The number of aromatic nitrogens is 1. The first-order valence-corrected chi connectivity index (χ1v) is 7.17. The first kappa shape index (κ1) is 11.9. The lowest BCUT2D eigenvalue weighted by Crippen LogP contribution is -2.50. The molecule has 98 valence electrons. The predicted molar refractivity (Wildman–Crippen MR) is 71.6 cm³/mol. The first-order chi connectivity index (χ1) is 8.70. The van der Waals surface area contributed by atoms with Crippen LogP contribution in [0.25, 0.3) is 0 Å². The average molecular weight is 266 g/mol. The summed E-state index contributed by atoms with van der Waals surface area (Å²) in [5.41, 5.74) is 5.83. The average Bonchev–Trinajstić information content (AvgIpc) is 3.07. The minimum Gasteiger partial charge on any atom is -0.376 e. The molecule has 1 saturated heterocycles. The van der Waals surface area contributed by atoms with Gasteiger partial charge in [0.1, 0.15) is 10.5 Å². The molecule has 5 nitrogen and oxygen atoms in total. The Morgan fingerprint density at radius 1 is 1.67 bits per heavy atom. The van der Waals surface area contributed by atoms with Crippen molar-refractivity contribution in [2.75, 3.05) is 19.7 Å². The summed E-state index contributed by atoms with van der Waals surface area (Å²) < 4.78 is 5.70. The van der Waals surface area contributed by atoms with Crippen LogP contribution in [0.5, 0.6) is 0 Å². The number of ether oxygens (including phenoxy) is 1. The van der Waals surface area contributed by atoms with E-state index in [0.29, 0.717) is 12.5 Å². The second-order valence-electron chi connectivity index (χ2n) is 5.03. The molecule has 0 bridgehead atoms. The van der Waals surface area contributed by atoms with Gasteiger partial charge in [-0.25, -0.2) is 4.98 Å². The summed E-state index contributed by atoms with van der Waals surface area (Å²) in [7, 11) is 0. The third-order valence-electron chi connectivity index (χ3n) is 3.72. The van der Waals surface area contributed by atoms with Gasteiger partial charge < -0.3 is 15.4 Å². The molecule has 0 radical (unpaired) electrons. The highest BCUT2D eigenvalue weighted by Crippen LogP contribution is 2.34. The number of hydrogen-bond donors (Lipinski definition) is 1. The molecule has 2 unspecified atom stereocenters. The first-order valence-electron chi connectivity index (χ1n) is 6.29. The van der Waals surface area contributed by atoms with Crippen LogP contribution >= 0.6 is 11.3 Å². The number of nitrogens with two attached hydrogens (primary N) is 1. The maximum absolute atomic E-state index is 6.04. The highest BCUT2D eigenvalue weighted by atomic mass is 32.1. The van der Waals surface area contributed by atoms with Crippen molar-refractivity contribution in [2.24, 2.45) is 10.7 Å². The molecule has 0 amide bonds. The van der Waals surface area contributed by atoms with E-state index >= 15 is 0 Å². The molecule has 0 saturated carbocycles. The number of thiazole rings is 1. The third kappa shape index (κ3) is 1.89. The van der Waals surface area contributed by atoms with Gasteiger partial charge in [0, 0.05) is 24.7 Å². The summed E-state index contributed by atoms with van der Waals surface area (Å²) in [6, 6.07) is 0. The standard InChI is InChI=1S/C12H18N4OS/c1-12(10-14-4-6-18-10)8-15-11(13)16(12)7-9-3-2-5-17-9/h4,6,9H,2-3,5,7-8H2,1H3,(H2,13,15). The molecule has 2 N–H and O–H groups in total. The second-order valence-corrected chi connectivity index (χ2v) is 5.93. The maximum Gasteiger partial charge on any atom is 0.192 e. The highest BCUT2D eigenvalue weighted by Gasteiger charge is 2.42. The Labute approximate surface area is 111 Å². The van der Waals surface area contributed by atoms with E-state index < -0.39 is 0 Å². The van der Waals surface area contributed by atoms with Crippen LogP contribution in [0.4, 0.5) is 0 Å². The highest BCUT2D eigenvalue weighted by molar-refractivity contribution is 7.09. The van der Waals surface area contributed by atoms with Crippen molar-refractivity contribution in [1.82, 2.24) is 9.88 Å². The van der Waals surface area contributed by atoms with Crippen LogP contribution in [0, 0.1) is 0 Å². The van der Waals surface area contributed by atoms with Crippen molar-refractivity contribution in [2.45, 2.75) is 31.4 Å². The smallest absolute Gasteiger partial charge is 0.192 e. The minimum atomic E-state index is -0.204. The van der Waals surface area contributed by atoms with Gasteiger partial charge >= 0.3 is 0 Å². The molecule has 1 aromatic heterocycles. The molecule has 0 aliphatic carbocycles. The number of guanidine groups is 1. The van der Waals surface area contributed by atoms with Crippen molar-refractivity contribution in [1.29, 1.82) is 0 Å². The fourth-order valence-electron chi connectivity index (χ4n) is 2.62. The molecular weight excluding hydrogens is 248 g/mol. The molecule has 2 aliphatic rings. The minimum absolute atomic E-state index is 0.204. The van der Waals surface area contributed by atoms with Gasteiger partial charge in [-0.05, 0) is 19.8 Å². The van der Waals surface area contributed by atoms with Crippen LogP contribution in [0.3, 0.4) is 0 Å². The molecular formula is C12H18N4OS. The van der Waals surface area contributed by atoms with Gasteiger partial charge in [0.2, 0.25) is 0 Å². The number of hydrogen-bond acceptors (Lipinski definition) is 6. The molecule has 1 fully saturated rings. The summed E-state index contributed by atoms with van der Waals surface area (Å²) >= 11 is 1.66. The van der Waals surface area contributed by atoms with Crippen LogP contribution in [-0.2, 0) is 10.3 Å². The molecule has 0 spiro atoms. The molecule has 3 rings (SSSR count). The molecule has 1 aromatic rings. The summed E-state index contributed by atoms with van der Waals surface area (Å²) in [4.78, 5) is 11.0. The number of rotatable bonds is 3. The number of aliphatic imine (C=N–C) groups is 1. The fraction of sp³-hybridized carbons (Fsp3) is 0.667. The Kier molecular flexibility index (Phi) is 2.99. The van der Waals surface area contributed by atoms with E-state index in [1.165, 1.54) is 0 Å². The molecule has 0 aromatic carbocycles. The van der Waals surface area contributed by atoms with Gasteiger partial charge in [0.05, 0.1) is 12.6 Å². The van der Waals surface area contributed by atoms with E-state index in [1.807, 2.05) is 11.6 Å². The molecule has 6 heteroatoms. The van der Waals surface area contributed by atoms with E-state index in [0.717, 1.165) is 31.0 Å². The van der Waals surface area contributed by atoms with Crippen molar-refractivity contribution in [3.05, 3.63) is 16.6 Å². The monoisotopic (exact) mass is 266 g/mol. The van der Waals surface area contributed by atoms with Gasteiger partial charge in [-0.3, -0.25) is 4.99 Å². The number of nitrogens with zero attached hydrogens (tertiary/aromatic N) is 3. The Bertz CT molecular complexity index is 441. The van der Waals surface area contributed by atoms with Crippen molar-refractivity contribution < 1.29 is 4.74 Å². The largest absolute Gasteiger partial charge is 0.376 e. The molecule has 18 heavy (non-hydrogen) atoms. The Hall–Kier alpha value is -1.14. The molecule has 2 aliphatic heterocycles. The topological polar surface area (TPSA) is 63.7 Å². The van der Waals surface area contributed by atoms with Crippen LogP contribution in [0.15, 0.2) is 16.6 Å². The lowest BCUT2D eigenvalue weighted by Gasteiger charge is -2.35. The Morgan fingerprint density at radius 2 is 2.56 bits per heavy atom. The lowest BCUT2D eigenvalue weighted by molar-refractivity contribution is 0.0690. The zero-order chi connectivity index (χ0) is 12.6. The quantitative estimate of drug-likeness (QED) is 0.892. The van der Waals surface area contributed by atoms with Gasteiger partial charge in [0.15, 0.2) is 5.96 Å². The molecule has 3 heterocycles. The molecule has 2 atom stereocenters. The van der Waals surface area contributed by atoms with Crippen molar-refractivity contribution in [3.8, 4) is 0 Å². The maximum atomic E-state index is 6.04. The van der Waals surface area contributed by atoms with E-state index in [9.17, 15) is 0 Å². The fourth-order valence-corrected chi connectivity index (χ4v) is 3.42. The SMILES string of the molecule is CC1(c2nccs2)CN=C(N)N1CC1CCCO1. The lowest BCUT2D eigenvalue weighted by atomic mass is 10.0. The van der Waals surface area contributed by atoms with Crippen LogP contribution < -0.4 is 5.73 Å². The summed E-state index contributed by atoms with van der Waals surface area (Å²) in [5, 5.41) is 3.07. The zero-order valence-corrected chi connectivity index (χ0v) is 11.3. The summed E-state index contributed by atoms with van der Waals surface area (Å²) in [6.07, 6.45) is 4.36. The van der Waals surface area contributed by atoms with Crippen LogP contribution in [0.1, 0.15) is 24.8 Å². The van der Waals surface area contributed by atoms with Crippen molar-refractivity contribution in [3.63, 3.8) is 0 Å². The van der Waals surface area contributed by atoms with E-state index in [2.05, 4.69) is 21.8 Å². The summed E-state index contributed by atoms with van der Waals surface area (Å²) in [5.74, 6) is 0.614. The van der Waals surface area contributed by atoms with E-state index in [-0.39, 0.29) is 11.6 Å². The van der Waals surface area contributed by atoms with Gasteiger partial charge in [-0.1, -0.05) is 0 Å². The zero-order valence-electron chi connectivity index (χ0n) is 10.5. The second kappa shape index (κ2) is 4.51. The summed E-state index contributed by atoms with van der Waals surface area (Å²) in [6.45, 7) is 4.51. The van der Waals surface area contributed by atoms with Gasteiger partial charge in [-0.2, -0.15) is 0 Å². The van der Waals surface area contributed by atoms with Gasteiger partial charge in [0.25, 0.3) is 0 Å². The van der Waals surface area contributed by atoms with E-state index in [4.69, 9.17) is 10.5 Å². The van der Waals surface area contributed by atoms with Crippen LogP contribution in [-0.4, -0.2) is 41.6 Å². The van der Waals surface area contributed by atoms with Crippen molar-refractivity contribution >= 4 is 17.3 Å². The predicted octanol–water partition coefficient (Wildman–Crippen LogP) is 1.17. The Morgan fingerprint density at radius 3 is 3.22 bits per heavy atom. The van der Waals surface area contributed by atoms with Gasteiger partial charge in [-0.15, -0.1) is 11.3 Å². The van der Waals surface area contributed by atoms with E-state index in [1.54, 1.807) is 11.3 Å².